The summed E-state index contributed by atoms with van der Waals surface area (Å²) in [7, 11) is 0. The second kappa shape index (κ2) is 6.09. The highest BCUT2D eigenvalue weighted by molar-refractivity contribution is 7.13. The van der Waals surface area contributed by atoms with E-state index in [-0.39, 0.29) is 5.91 Å². The number of aromatic nitrogens is 1. The van der Waals surface area contributed by atoms with Gasteiger partial charge in [-0.2, -0.15) is 0 Å². The highest BCUT2D eigenvalue weighted by Gasteiger charge is 2.11. The van der Waals surface area contributed by atoms with Gasteiger partial charge in [-0.1, -0.05) is 0 Å². The highest BCUT2D eigenvalue weighted by Crippen LogP contribution is 2.16. The molecule has 2 heterocycles. The molecule has 0 unspecified atom stereocenters. The molecule has 1 aliphatic heterocycles. The number of thiazole rings is 1. The third-order valence-electron chi connectivity index (χ3n) is 2.65. The van der Waals surface area contributed by atoms with Gasteiger partial charge in [0.1, 0.15) is 0 Å². The van der Waals surface area contributed by atoms with Gasteiger partial charge in [-0.25, -0.2) is 4.98 Å². The molecule has 1 fully saturated rings. The van der Waals surface area contributed by atoms with Crippen molar-refractivity contribution >= 4 is 22.4 Å². The molecule has 5 nitrogen and oxygen atoms in total. The van der Waals surface area contributed by atoms with Gasteiger partial charge in [-0.3, -0.25) is 9.69 Å². The lowest BCUT2D eigenvalue weighted by Crippen LogP contribution is -2.27. The summed E-state index contributed by atoms with van der Waals surface area (Å²) in [5, 5.41) is 8.80. The number of carbonyl (C=O) groups is 1. The molecule has 2 N–H and O–H groups in total. The lowest BCUT2D eigenvalue weighted by Gasteiger charge is -2.17. The summed E-state index contributed by atoms with van der Waals surface area (Å²) in [5.41, 5.74) is 1.04. The van der Waals surface area contributed by atoms with Crippen molar-refractivity contribution in [3.05, 3.63) is 11.1 Å². The number of carbonyl (C=O) groups excluding carboxylic acids is 1. The summed E-state index contributed by atoms with van der Waals surface area (Å²) >= 11 is 1.49. The van der Waals surface area contributed by atoms with Crippen molar-refractivity contribution in [1.29, 1.82) is 0 Å². The Morgan fingerprint density at radius 2 is 2.47 bits per heavy atom. The van der Waals surface area contributed by atoms with Crippen LogP contribution in [-0.2, 0) is 11.3 Å². The molecule has 0 atom stereocenters. The first kappa shape index (κ1) is 12.5. The van der Waals surface area contributed by atoms with Crippen LogP contribution in [0.25, 0.3) is 0 Å². The van der Waals surface area contributed by atoms with Crippen molar-refractivity contribution in [2.75, 3.05) is 31.5 Å². The number of hydrogen-bond acceptors (Lipinski definition) is 5. The predicted molar refractivity (Wildman–Crippen MR) is 69.2 cm³/mol. The summed E-state index contributed by atoms with van der Waals surface area (Å²) in [4.78, 5) is 17.7. The minimum atomic E-state index is -0.0649. The topological polar surface area (TPSA) is 57.3 Å². The molecule has 94 valence electrons. The molecule has 1 aliphatic rings. The fraction of sp³-hybridized carbons (Fsp3) is 0.636. The Morgan fingerprint density at radius 1 is 1.59 bits per heavy atom. The Hall–Kier alpha value is -0.980. The highest BCUT2D eigenvalue weighted by atomic mass is 32.1. The fourth-order valence-electron chi connectivity index (χ4n) is 1.88. The van der Waals surface area contributed by atoms with Gasteiger partial charge in [0, 0.05) is 31.9 Å². The molecule has 1 amide bonds. The minimum absolute atomic E-state index is 0.0649. The zero-order chi connectivity index (χ0) is 12.1. The maximum atomic E-state index is 10.9. The van der Waals surface area contributed by atoms with E-state index in [9.17, 15) is 4.79 Å². The van der Waals surface area contributed by atoms with Gasteiger partial charge in [0.2, 0.25) is 5.91 Å². The summed E-state index contributed by atoms with van der Waals surface area (Å²) in [6.07, 6.45) is 1.18. The second-order valence-electron chi connectivity index (χ2n) is 4.20. The van der Waals surface area contributed by atoms with Crippen molar-refractivity contribution < 1.29 is 4.79 Å². The first-order valence-electron chi connectivity index (χ1n) is 5.89. The van der Waals surface area contributed by atoms with Crippen LogP contribution in [-0.4, -0.2) is 42.0 Å². The van der Waals surface area contributed by atoms with Crippen LogP contribution in [0.5, 0.6) is 0 Å². The van der Waals surface area contributed by atoms with E-state index >= 15 is 0 Å². The summed E-state index contributed by atoms with van der Waals surface area (Å²) in [6.45, 7) is 6.69. The first-order valence-corrected chi connectivity index (χ1v) is 6.77. The predicted octanol–water partition coefficient (Wildman–Crippen LogP) is 0.897. The summed E-state index contributed by atoms with van der Waals surface area (Å²) in [6, 6.07) is 0. The number of nitrogens with one attached hydrogen (secondary N) is 2. The standard InChI is InChI=1S/C11H18N4OS/c1-9(16)13-11-14-10(8-17-11)7-15-5-2-3-12-4-6-15/h8,12H,2-7H2,1H3,(H,13,14,16). The number of rotatable bonds is 3. The molecule has 2 rings (SSSR count). The molecular weight excluding hydrogens is 236 g/mol. The SMILES string of the molecule is CC(=O)Nc1nc(CN2CCCNCC2)cs1. The van der Waals surface area contributed by atoms with Gasteiger partial charge in [0.05, 0.1) is 5.69 Å². The Morgan fingerprint density at radius 3 is 3.29 bits per heavy atom. The Labute approximate surface area is 105 Å². The summed E-state index contributed by atoms with van der Waals surface area (Å²) < 4.78 is 0. The molecule has 1 saturated heterocycles. The van der Waals surface area contributed by atoms with E-state index in [1.54, 1.807) is 0 Å². The van der Waals surface area contributed by atoms with E-state index in [2.05, 4.69) is 20.5 Å². The van der Waals surface area contributed by atoms with E-state index in [0.29, 0.717) is 5.13 Å². The zero-order valence-electron chi connectivity index (χ0n) is 10.0. The smallest absolute Gasteiger partial charge is 0.223 e. The second-order valence-corrected chi connectivity index (χ2v) is 5.06. The average molecular weight is 254 g/mol. The molecule has 1 aromatic heterocycles. The molecule has 0 aromatic carbocycles. The molecule has 0 bridgehead atoms. The van der Waals surface area contributed by atoms with E-state index in [0.717, 1.165) is 38.4 Å². The van der Waals surface area contributed by atoms with Crippen LogP contribution in [0.3, 0.4) is 0 Å². The number of nitrogens with zero attached hydrogens (tertiary/aromatic N) is 2. The maximum Gasteiger partial charge on any atom is 0.223 e. The summed E-state index contributed by atoms with van der Waals surface area (Å²) in [5.74, 6) is -0.0649. The minimum Gasteiger partial charge on any atom is -0.315 e. The van der Waals surface area contributed by atoms with E-state index in [1.807, 2.05) is 5.38 Å². The molecule has 0 radical (unpaired) electrons. The fourth-order valence-corrected chi connectivity index (χ4v) is 2.62. The van der Waals surface area contributed by atoms with E-state index < -0.39 is 0 Å². The van der Waals surface area contributed by atoms with Gasteiger partial charge in [-0.05, 0) is 19.5 Å². The monoisotopic (exact) mass is 254 g/mol. The van der Waals surface area contributed by atoms with Crippen LogP contribution in [0, 0.1) is 0 Å². The first-order chi connectivity index (χ1) is 8.24. The third-order valence-corrected chi connectivity index (χ3v) is 3.46. The van der Waals surface area contributed by atoms with Gasteiger partial charge in [-0.15, -0.1) is 11.3 Å². The molecule has 0 aliphatic carbocycles. The van der Waals surface area contributed by atoms with Gasteiger partial charge in [0.15, 0.2) is 5.13 Å². The Bertz CT molecular complexity index is 371. The third kappa shape index (κ3) is 4.07. The molecule has 1 aromatic rings. The van der Waals surface area contributed by atoms with Gasteiger partial charge >= 0.3 is 0 Å². The number of hydrogen-bond donors (Lipinski definition) is 2. The van der Waals surface area contributed by atoms with Crippen molar-refractivity contribution in [2.45, 2.75) is 19.9 Å². The van der Waals surface area contributed by atoms with Crippen LogP contribution in [0.4, 0.5) is 5.13 Å². The lowest BCUT2D eigenvalue weighted by molar-refractivity contribution is -0.114. The van der Waals surface area contributed by atoms with Crippen molar-refractivity contribution in [2.24, 2.45) is 0 Å². The van der Waals surface area contributed by atoms with Crippen molar-refractivity contribution in [3.8, 4) is 0 Å². The molecule has 0 saturated carbocycles. The zero-order valence-corrected chi connectivity index (χ0v) is 10.8. The Kier molecular flexibility index (Phi) is 4.47. The molecule has 6 heteroatoms. The van der Waals surface area contributed by atoms with Crippen LogP contribution in [0.1, 0.15) is 19.0 Å². The van der Waals surface area contributed by atoms with Crippen LogP contribution in [0.2, 0.25) is 0 Å². The van der Waals surface area contributed by atoms with Crippen molar-refractivity contribution in [3.63, 3.8) is 0 Å². The van der Waals surface area contributed by atoms with Crippen LogP contribution < -0.4 is 10.6 Å². The number of anilines is 1. The molecule has 17 heavy (non-hydrogen) atoms. The van der Waals surface area contributed by atoms with Crippen LogP contribution >= 0.6 is 11.3 Å². The lowest BCUT2D eigenvalue weighted by atomic mass is 10.3. The normalized spacial score (nSPS) is 17.7. The molecular formula is C11H18N4OS. The maximum absolute atomic E-state index is 10.9. The van der Waals surface area contributed by atoms with E-state index in [1.165, 1.54) is 24.7 Å². The van der Waals surface area contributed by atoms with Crippen molar-refractivity contribution in [1.82, 2.24) is 15.2 Å². The van der Waals surface area contributed by atoms with Gasteiger partial charge < -0.3 is 10.6 Å². The largest absolute Gasteiger partial charge is 0.315 e. The van der Waals surface area contributed by atoms with Crippen LogP contribution in [0.15, 0.2) is 5.38 Å². The van der Waals surface area contributed by atoms with E-state index in [4.69, 9.17) is 0 Å². The average Bonchev–Trinajstić information content (AvgIpc) is 2.54. The Balaban J connectivity index is 1.89. The van der Waals surface area contributed by atoms with Gasteiger partial charge in [0.25, 0.3) is 0 Å². The number of amides is 1. The quantitative estimate of drug-likeness (QED) is 0.841. The molecule has 0 spiro atoms.